The van der Waals surface area contributed by atoms with E-state index in [2.05, 4.69) is 15.3 Å². The van der Waals surface area contributed by atoms with Crippen molar-refractivity contribution in [3.05, 3.63) is 59.2 Å². The first-order valence-electron chi connectivity index (χ1n) is 8.20. The molecule has 0 atom stereocenters. The topological polar surface area (TPSA) is 76.2 Å². The van der Waals surface area contributed by atoms with Crippen molar-refractivity contribution in [3.8, 4) is 5.88 Å². The van der Waals surface area contributed by atoms with Crippen molar-refractivity contribution in [2.75, 3.05) is 20.3 Å². The van der Waals surface area contributed by atoms with Gasteiger partial charge < -0.3 is 19.8 Å². The average Bonchev–Trinajstić information content (AvgIpc) is 3.05. The molecule has 136 valence electrons. The highest BCUT2D eigenvalue weighted by atomic mass is 19.1. The second-order valence-corrected chi connectivity index (χ2v) is 5.90. The molecule has 0 unspecified atom stereocenters. The van der Waals surface area contributed by atoms with E-state index in [9.17, 15) is 9.18 Å². The maximum Gasteiger partial charge on any atom is 0.267 e. The van der Waals surface area contributed by atoms with Gasteiger partial charge in [0, 0.05) is 36.8 Å². The summed E-state index contributed by atoms with van der Waals surface area (Å²) in [5.74, 6) is -0.0886. The second-order valence-electron chi connectivity index (χ2n) is 5.90. The van der Waals surface area contributed by atoms with Crippen molar-refractivity contribution >= 4 is 16.8 Å². The van der Waals surface area contributed by atoms with E-state index in [1.54, 1.807) is 25.4 Å². The lowest BCUT2D eigenvalue weighted by molar-refractivity contribution is 0.0946. The number of hydrogen-bond donors (Lipinski definition) is 2. The fourth-order valence-corrected chi connectivity index (χ4v) is 2.61. The van der Waals surface area contributed by atoms with Crippen molar-refractivity contribution in [1.29, 1.82) is 0 Å². The number of H-pyrrole nitrogens is 1. The largest absolute Gasteiger partial charge is 0.475 e. The number of benzene rings is 1. The van der Waals surface area contributed by atoms with Crippen LogP contribution in [0.4, 0.5) is 4.39 Å². The Kier molecular flexibility index (Phi) is 5.48. The van der Waals surface area contributed by atoms with Crippen molar-refractivity contribution < 1.29 is 18.7 Å². The molecule has 2 aromatic heterocycles. The molecule has 7 heteroatoms. The van der Waals surface area contributed by atoms with Crippen LogP contribution in [0.1, 0.15) is 21.6 Å². The molecule has 1 amide bonds. The highest BCUT2D eigenvalue weighted by Crippen LogP contribution is 2.21. The summed E-state index contributed by atoms with van der Waals surface area (Å²) in [7, 11) is 1.60. The molecule has 2 N–H and O–H groups in total. The standard InChI is InChI=1S/C19H20FN3O3/c1-12-7-14(20)8-16-15(12)9-17(23-16)19(24)22-11-13-3-4-18(21-10-13)26-6-5-25-2/h3-4,7-10,23H,5-6,11H2,1-2H3,(H,22,24). The van der Waals surface area contributed by atoms with Crippen molar-refractivity contribution in [2.45, 2.75) is 13.5 Å². The lowest BCUT2D eigenvalue weighted by Crippen LogP contribution is -2.23. The van der Waals surface area contributed by atoms with Crippen molar-refractivity contribution in [3.63, 3.8) is 0 Å². The maximum atomic E-state index is 13.5. The van der Waals surface area contributed by atoms with Gasteiger partial charge in [0.05, 0.1) is 6.61 Å². The van der Waals surface area contributed by atoms with E-state index in [-0.39, 0.29) is 11.7 Å². The summed E-state index contributed by atoms with van der Waals surface area (Å²) < 4.78 is 23.8. The first-order valence-corrected chi connectivity index (χ1v) is 8.20. The molecule has 3 aromatic rings. The molecule has 0 spiro atoms. The van der Waals surface area contributed by atoms with Crippen LogP contribution in [-0.4, -0.2) is 36.2 Å². The van der Waals surface area contributed by atoms with E-state index in [4.69, 9.17) is 9.47 Å². The van der Waals surface area contributed by atoms with Crippen LogP contribution < -0.4 is 10.1 Å². The van der Waals surface area contributed by atoms with Gasteiger partial charge in [-0.1, -0.05) is 6.07 Å². The molecule has 0 bridgehead atoms. The van der Waals surface area contributed by atoms with Gasteiger partial charge in [-0.3, -0.25) is 4.79 Å². The molecule has 0 aliphatic carbocycles. The van der Waals surface area contributed by atoms with Crippen LogP contribution in [0.3, 0.4) is 0 Å². The molecule has 0 saturated carbocycles. The summed E-state index contributed by atoms with van der Waals surface area (Å²) in [5.41, 5.74) is 2.62. The smallest absolute Gasteiger partial charge is 0.267 e. The van der Waals surface area contributed by atoms with E-state index in [1.165, 1.54) is 12.1 Å². The number of fused-ring (bicyclic) bond motifs is 1. The van der Waals surface area contributed by atoms with Crippen molar-refractivity contribution in [2.24, 2.45) is 0 Å². The molecule has 0 radical (unpaired) electrons. The summed E-state index contributed by atoms with van der Waals surface area (Å²) in [6.45, 7) is 3.06. The number of nitrogens with zero attached hydrogens (tertiary/aromatic N) is 1. The first kappa shape index (κ1) is 17.9. The van der Waals surface area contributed by atoms with Crippen LogP contribution in [0.5, 0.6) is 5.88 Å². The number of ether oxygens (including phenoxy) is 2. The Bertz CT molecular complexity index is 906. The lowest BCUT2D eigenvalue weighted by atomic mass is 10.1. The van der Waals surface area contributed by atoms with Gasteiger partial charge in [-0.05, 0) is 36.2 Å². The summed E-state index contributed by atoms with van der Waals surface area (Å²) in [4.78, 5) is 19.5. The number of halogens is 1. The van der Waals surface area contributed by atoms with Crippen LogP contribution in [0, 0.1) is 12.7 Å². The van der Waals surface area contributed by atoms with Gasteiger partial charge in [-0.15, -0.1) is 0 Å². The number of carbonyl (C=O) groups is 1. The molecule has 0 saturated heterocycles. The Morgan fingerprint density at radius 3 is 2.85 bits per heavy atom. The zero-order valence-electron chi connectivity index (χ0n) is 14.6. The minimum absolute atomic E-state index is 0.263. The molecule has 0 aliphatic rings. The third-order valence-electron chi connectivity index (χ3n) is 3.94. The maximum absolute atomic E-state index is 13.5. The summed E-state index contributed by atoms with van der Waals surface area (Å²) in [6.07, 6.45) is 1.65. The normalized spacial score (nSPS) is 10.9. The first-order chi connectivity index (χ1) is 12.6. The zero-order valence-corrected chi connectivity index (χ0v) is 14.6. The van der Waals surface area contributed by atoms with Gasteiger partial charge in [-0.25, -0.2) is 9.37 Å². The molecule has 0 fully saturated rings. The van der Waals surface area contributed by atoms with Gasteiger partial charge in [-0.2, -0.15) is 0 Å². The monoisotopic (exact) mass is 357 g/mol. The predicted octanol–water partition coefficient (Wildman–Crippen LogP) is 2.97. The Labute approximate surface area is 150 Å². The Morgan fingerprint density at radius 2 is 2.12 bits per heavy atom. The third-order valence-corrected chi connectivity index (χ3v) is 3.94. The molecule has 0 aliphatic heterocycles. The van der Waals surface area contributed by atoms with Crippen LogP contribution >= 0.6 is 0 Å². The van der Waals surface area contributed by atoms with Crippen LogP contribution in [-0.2, 0) is 11.3 Å². The fourth-order valence-electron chi connectivity index (χ4n) is 2.61. The number of aryl methyl sites for hydroxylation is 1. The minimum atomic E-state index is -0.331. The molecule has 6 nitrogen and oxygen atoms in total. The Balaban J connectivity index is 1.61. The van der Waals surface area contributed by atoms with E-state index in [1.807, 2.05) is 13.0 Å². The lowest BCUT2D eigenvalue weighted by Gasteiger charge is -2.06. The second kappa shape index (κ2) is 7.97. The quantitative estimate of drug-likeness (QED) is 0.638. The van der Waals surface area contributed by atoms with Crippen LogP contribution in [0.25, 0.3) is 10.9 Å². The number of amides is 1. The van der Waals surface area contributed by atoms with Gasteiger partial charge >= 0.3 is 0 Å². The number of aromatic amines is 1. The summed E-state index contributed by atoms with van der Waals surface area (Å²) in [6, 6.07) is 8.13. The Hall–Kier alpha value is -2.93. The van der Waals surface area contributed by atoms with Gasteiger partial charge in [0.15, 0.2) is 0 Å². The SMILES string of the molecule is COCCOc1ccc(CNC(=O)c2cc3c(C)cc(F)cc3[nH]2)cn1. The molecule has 3 rings (SSSR count). The van der Waals surface area contributed by atoms with Gasteiger partial charge in [0.1, 0.15) is 18.1 Å². The number of rotatable bonds is 7. The highest BCUT2D eigenvalue weighted by molar-refractivity contribution is 5.98. The minimum Gasteiger partial charge on any atom is -0.475 e. The predicted molar refractivity (Wildman–Crippen MR) is 95.8 cm³/mol. The number of hydrogen-bond acceptors (Lipinski definition) is 4. The number of aromatic nitrogens is 2. The van der Waals surface area contributed by atoms with E-state index in [0.717, 1.165) is 16.5 Å². The molecule has 1 aromatic carbocycles. The molecular formula is C19H20FN3O3. The number of pyridine rings is 1. The molecule has 2 heterocycles. The summed E-state index contributed by atoms with van der Waals surface area (Å²) >= 11 is 0. The average molecular weight is 357 g/mol. The number of methoxy groups -OCH3 is 1. The molecule has 26 heavy (non-hydrogen) atoms. The zero-order chi connectivity index (χ0) is 18.5. The number of carbonyl (C=O) groups excluding carboxylic acids is 1. The van der Waals surface area contributed by atoms with E-state index < -0.39 is 0 Å². The number of nitrogens with one attached hydrogen (secondary N) is 2. The Morgan fingerprint density at radius 1 is 1.27 bits per heavy atom. The fraction of sp³-hybridized carbons (Fsp3) is 0.263. The highest BCUT2D eigenvalue weighted by Gasteiger charge is 2.11. The third kappa shape index (κ3) is 4.18. The van der Waals surface area contributed by atoms with E-state index >= 15 is 0 Å². The van der Waals surface area contributed by atoms with Gasteiger partial charge in [0.2, 0.25) is 5.88 Å². The van der Waals surface area contributed by atoms with Gasteiger partial charge in [0.25, 0.3) is 5.91 Å². The van der Waals surface area contributed by atoms with Crippen LogP contribution in [0.2, 0.25) is 0 Å². The van der Waals surface area contributed by atoms with E-state index in [0.29, 0.717) is 36.8 Å². The van der Waals surface area contributed by atoms with Crippen LogP contribution in [0.15, 0.2) is 36.5 Å². The molecular weight excluding hydrogens is 337 g/mol. The van der Waals surface area contributed by atoms with Crippen molar-refractivity contribution in [1.82, 2.24) is 15.3 Å². The summed E-state index contributed by atoms with van der Waals surface area (Å²) in [5, 5.41) is 3.65.